The van der Waals surface area contributed by atoms with Gasteiger partial charge in [-0.25, -0.2) is 18.1 Å². The predicted octanol–water partition coefficient (Wildman–Crippen LogP) is 1.72. The Labute approximate surface area is 216 Å². The summed E-state index contributed by atoms with van der Waals surface area (Å²) < 4.78 is 96.1. The summed E-state index contributed by atoms with van der Waals surface area (Å²) in [5.74, 6) is -0.703. The van der Waals surface area contributed by atoms with Crippen LogP contribution in [0, 0.1) is 0 Å². The molecule has 0 saturated carbocycles. The maximum atomic E-state index is 13.2. The second-order valence-corrected chi connectivity index (χ2v) is 12.0. The first-order chi connectivity index (χ1) is 17.7. The summed E-state index contributed by atoms with van der Waals surface area (Å²) in [6.07, 6.45) is 2.64. The number of hydrogen-bond donors (Lipinski definition) is 1. The Morgan fingerprint density at radius 1 is 1.05 bits per heavy atom. The van der Waals surface area contributed by atoms with Crippen LogP contribution in [0.3, 0.4) is 0 Å². The third-order valence-electron chi connectivity index (χ3n) is 5.99. The average Bonchev–Trinajstić information content (AvgIpc) is 3.08. The minimum Gasteiger partial charge on any atom is -0.379 e. The molecule has 1 aromatic heterocycles. The second kappa shape index (κ2) is 10.1. The fourth-order valence-electron chi connectivity index (χ4n) is 3.89. The van der Waals surface area contributed by atoms with E-state index in [1.807, 2.05) is 0 Å². The molecular weight excluding hydrogens is 555 g/mol. The van der Waals surface area contributed by atoms with E-state index < -0.39 is 48.4 Å². The molecule has 1 aromatic carbocycles. The number of alkyl halides is 3. The van der Waals surface area contributed by atoms with Gasteiger partial charge in [0.2, 0.25) is 0 Å². The number of carbonyl (C=O) groups excluding carboxylic acids is 2. The highest BCUT2D eigenvalue weighted by molar-refractivity contribution is 7.92. The summed E-state index contributed by atoms with van der Waals surface area (Å²) >= 11 is 0. The molecule has 12 nitrogen and oxygen atoms in total. The van der Waals surface area contributed by atoms with E-state index in [0.29, 0.717) is 22.6 Å². The lowest BCUT2D eigenvalue weighted by Gasteiger charge is -2.27. The van der Waals surface area contributed by atoms with Crippen molar-refractivity contribution in [1.82, 2.24) is 14.2 Å². The van der Waals surface area contributed by atoms with Crippen molar-refractivity contribution in [2.75, 3.05) is 35.9 Å². The number of rotatable bonds is 7. The predicted molar refractivity (Wildman–Crippen MR) is 127 cm³/mol. The molecule has 3 heterocycles. The van der Waals surface area contributed by atoms with Crippen LogP contribution in [-0.4, -0.2) is 80.8 Å². The first kappa shape index (κ1) is 27.7. The van der Waals surface area contributed by atoms with E-state index in [1.54, 1.807) is 0 Å². The molecule has 2 aromatic rings. The number of imide groups is 1. The Morgan fingerprint density at radius 3 is 2.29 bits per heavy atom. The van der Waals surface area contributed by atoms with Crippen LogP contribution in [0.2, 0.25) is 0 Å². The van der Waals surface area contributed by atoms with Crippen molar-refractivity contribution in [2.24, 2.45) is 0 Å². The van der Waals surface area contributed by atoms with Crippen LogP contribution in [0.25, 0.3) is 0 Å². The van der Waals surface area contributed by atoms with Gasteiger partial charge in [-0.05, 0) is 42.8 Å². The molecule has 3 amide bonds. The summed E-state index contributed by atoms with van der Waals surface area (Å²) in [5, 5.41) is 0. The lowest BCUT2D eigenvalue weighted by molar-refractivity contribution is -0.119. The van der Waals surface area contributed by atoms with Crippen molar-refractivity contribution < 1.29 is 44.3 Å². The van der Waals surface area contributed by atoms with E-state index in [4.69, 9.17) is 4.74 Å². The third kappa shape index (κ3) is 5.18. The van der Waals surface area contributed by atoms with Crippen molar-refractivity contribution >= 4 is 43.4 Å². The molecule has 0 radical (unpaired) electrons. The molecular formula is C21H22F3N5O7S2. The molecule has 17 heteroatoms. The summed E-state index contributed by atoms with van der Waals surface area (Å²) in [6.45, 7) is 2.01. The van der Waals surface area contributed by atoms with Crippen LogP contribution in [0.5, 0.6) is 0 Å². The molecule has 206 valence electrons. The normalized spacial score (nSPS) is 19.7. The van der Waals surface area contributed by atoms with Gasteiger partial charge in [-0.2, -0.15) is 25.9 Å². The number of morpholine rings is 1. The maximum Gasteiger partial charge on any atom is 0.501 e. The van der Waals surface area contributed by atoms with Gasteiger partial charge >= 0.3 is 21.7 Å². The number of halogens is 3. The third-order valence-corrected chi connectivity index (χ3v) is 9.02. The second-order valence-electron chi connectivity index (χ2n) is 8.35. The highest BCUT2D eigenvalue weighted by Crippen LogP contribution is 2.33. The van der Waals surface area contributed by atoms with Crippen molar-refractivity contribution in [3.05, 3.63) is 48.3 Å². The van der Waals surface area contributed by atoms with E-state index >= 15 is 0 Å². The molecule has 0 spiro atoms. The van der Waals surface area contributed by atoms with Crippen molar-refractivity contribution in [3.8, 4) is 0 Å². The zero-order valence-electron chi connectivity index (χ0n) is 19.8. The molecule has 2 saturated heterocycles. The van der Waals surface area contributed by atoms with Gasteiger partial charge in [0.1, 0.15) is 6.04 Å². The molecule has 1 N–H and O–H groups in total. The van der Waals surface area contributed by atoms with Crippen LogP contribution in [0.15, 0.2) is 47.6 Å². The number of benzene rings is 1. The fraction of sp³-hybridized carbons (Fsp3) is 0.381. The largest absolute Gasteiger partial charge is 0.501 e. The number of urea groups is 1. The van der Waals surface area contributed by atoms with Crippen LogP contribution in [0.4, 0.5) is 29.3 Å². The van der Waals surface area contributed by atoms with Crippen LogP contribution >= 0.6 is 0 Å². The minimum atomic E-state index is -5.61. The number of anilines is 2. The van der Waals surface area contributed by atoms with Crippen molar-refractivity contribution in [3.63, 3.8) is 0 Å². The van der Waals surface area contributed by atoms with Gasteiger partial charge < -0.3 is 9.64 Å². The SMILES string of the molecule is CC1C(=O)N(c2ccc(S(=O)(=O)C(F)(F)F)cc2)C(=O)N1Cc1ccncc1NS(=O)(=O)N1CCOCC1. The van der Waals surface area contributed by atoms with Gasteiger partial charge in [0.25, 0.3) is 15.7 Å². The van der Waals surface area contributed by atoms with Gasteiger partial charge in [0.15, 0.2) is 0 Å². The maximum absolute atomic E-state index is 13.2. The lowest BCUT2D eigenvalue weighted by atomic mass is 10.2. The van der Waals surface area contributed by atoms with Crippen molar-refractivity contribution in [1.29, 1.82) is 0 Å². The molecule has 0 bridgehead atoms. The summed E-state index contributed by atoms with van der Waals surface area (Å²) in [7, 11) is -9.56. The monoisotopic (exact) mass is 577 g/mol. The first-order valence-corrected chi connectivity index (χ1v) is 14.0. The number of sulfone groups is 1. The Morgan fingerprint density at radius 2 is 1.68 bits per heavy atom. The number of aromatic nitrogens is 1. The van der Waals surface area contributed by atoms with E-state index in [1.165, 1.54) is 29.7 Å². The molecule has 4 rings (SSSR count). The minimum absolute atomic E-state index is 0.0894. The Hall–Kier alpha value is -3.28. The van der Waals surface area contributed by atoms with Gasteiger partial charge in [-0.3, -0.25) is 14.5 Å². The molecule has 38 heavy (non-hydrogen) atoms. The first-order valence-electron chi connectivity index (χ1n) is 11.1. The van der Waals surface area contributed by atoms with Gasteiger partial charge in [-0.15, -0.1) is 0 Å². The number of ether oxygens (including phenoxy) is 1. The molecule has 1 atom stereocenters. The van der Waals surface area contributed by atoms with E-state index in [9.17, 15) is 39.6 Å². The smallest absolute Gasteiger partial charge is 0.379 e. The Bertz CT molecular complexity index is 1440. The standard InChI is InChI=1S/C21H22F3N5O7S2/c1-14-19(30)29(16-2-4-17(5-3-16)37(32,33)21(22,23)24)20(31)28(14)13-15-6-7-25-12-18(15)26-38(34,35)27-8-10-36-11-9-27/h2-7,12,14,26H,8-11,13H2,1H3. The van der Waals surface area contributed by atoms with E-state index in [0.717, 1.165) is 17.0 Å². The molecule has 2 aliphatic rings. The number of nitrogens with one attached hydrogen (secondary N) is 1. The molecule has 1 unspecified atom stereocenters. The quantitative estimate of drug-likeness (QED) is 0.490. The van der Waals surface area contributed by atoms with Crippen LogP contribution in [0.1, 0.15) is 12.5 Å². The van der Waals surface area contributed by atoms with Gasteiger partial charge in [-0.1, -0.05) is 0 Å². The number of amides is 3. The Balaban J connectivity index is 1.56. The van der Waals surface area contributed by atoms with E-state index in [-0.39, 0.29) is 44.2 Å². The topological polar surface area (TPSA) is 146 Å². The molecule has 0 aliphatic carbocycles. The summed E-state index contributed by atoms with van der Waals surface area (Å²) in [6, 6.07) is 2.81. The fourth-order valence-corrected chi connectivity index (χ4v) is 5.87. The highest BCUT2D eigenvalue weighted by Gasteiger charge is 2.47. The van der Waals surface area contributed by atoms with Crippen molar-refractivity contribution in [2.45, 2.75) is 29.9 Å². The zero-order valence-corrected chi connectivity index (χ0v) is 21.4. The van der Waals surface area contributed by atoms with E-state index in [2.05, 4.69) is 9.71 Å². The highest BCUT2D eigenvalue weighted by atomic mass is 32.2. The lowest BCUT2D eigenvalue weighted by Crippen LogP contribution is -2.43. The number of hydrogen-bond acceptors (Lipinski definition) is 8. The number of nitrogens with zero attached hydrogens (tertiary/aromatic N) is 4. The number of carbonyl (C=O) groups is 2. The zero-order chi connectivity index (χ0) is 27.9. The van der Waals surface area contributed by atoms with Gasteiger partial charge in [0, 0.05) is 19.3 Å². The molecule has 2 fully saturated rings. The number of pyridine rings is 1. The van der Waals surface area contributed by atoms with Gasteiger partial charge in [0.05, 0.1) is 42.2 Å². The van der Waals surface area contributed by atoms with Crippen LogP contribution in [-0.2, 0) is 36.1 Å². The Kier molecular flexibility index (Phi) is 7.39. The summed E-state index contributed by atoms with van der Waals surface area (Å²) in [4.78, 5) is 30.8. The molecule has 2 aliphatic heterocycles. The van der Waals surface area contributed by atoms with Crippen LogP contribution < -0.4 is 9.62 Å². The summed E-state index contributed by atoms with van der Waals surface area (Å²) in [5.41, 5.74) is -5.21. The average molecular weight is 578 g/mol.